The normalized spacial score (nSPS) is 15.3. The number of hydrogen-bond donors (Lipinski definition) is 1. The zero-order chi connectivity index (χ0) is 18.6. The molecule has 0 aliphatic carbocycles. The molecule has 0 spiro atoms. The minimum absolute atomic E-state index is 0.271. The maximum Gasteiger partial charge on any atom is 0.348 e. The minimum atomic E-state index is -0.502. The van der Waals surface area contributed by atoms with E-state index < -0.39 is 5.97 Å². The van der Waals surface area contributed by atoms with E-state index in [1.54, 1.807) is 6.07 Å². The van der Waals surface area contributed by atoms with Gasteiger partial charge in [0.2, 0.25) is 0 Å². The van der Waals surface area contributed by atoms with Crippen molar-refractivity contribution < 1.29 is 23.8 Å². The van der Waals surface area contributed by atoms with Gasteiger partial charge in [-0.05, 0) is 29.7 Å². The number of para-hydroxylation sites is 2. The van der Waals surface area contributed by atoms with Crippen molar-refractivity contribution in [1.82, 2.24) is 5.32 Å². The van der Waals surface area contributed by atoms with E-state index in [4.69, 9.17) is 14.2 Å². The Morgan fingerprint density at radius 1 is 1.11 bits per heavy atom. The molecule has 1 aromatic heterocycles. The molecule has 6 nitrogen and oxygen atoms in total. The summed E-state index contributed by atoms with van der Waals surface area (Å²) in [6.07, 6.45) is -0.290. The number of hydrogen-bond acceptors (Lipinski definition) is 6. The molecule has 27 heavy (non-hydrogen) atoms. The topological polar surface area (TPSA) is 73.9 Å². The van der Waals surface area contributed by atoms with Crippen molar-refractivity contribution in [2.75, 3.05) is 19.8 Å². The Labute approximate surface area is 159 Å². The standard InChI is InChI=1S/C20H17NO5S/c22-19(21-10-14-11-24-15-6-2-3-7-16(15)26-14)12-25-20(23)18-9-13-5-1-4-8-17(13)27-18/h1-9,14H,10-12H2,(H,21,22)/t14-/m0/s1. The monoisotopic (exact) mass is 383 g/mol. The number of fused-ring (bicyclic) bond motifs is 2. The van der Waals surface area contributed by atoms with E-state index in [2.05, 4.69) is 5.32 Å². The first-order valence-corrected chi connectivity index (χ1v) is 9.31. The van der Waals surface area contributed by atoms with Crippen molar-refractivity contribution in [2.45, 2.75) is 6.10 Å². The molecule has 138 valence electrons. The number of carbonyl (C=O) groups is 2. The molecule has 0 fully saturated rings. The van der Waals surface area contributed by atoms with E-state index in [-0.39, 0.29) is 25.2 Å². The minimum Gasteiger partial charge on any atom is -0.486 e. The highest BCUT2D eigenvalue weighted by Crippen LogP contribution is 2.30. The van der Waals surface area contributed by atoms with Crippen molar-refractivity contribution in [3.05, 3.63) is 59.5 Å². The molecule has 1 N–H and O–H groups in total. The van der Waals surface area contributed by atoms with Gasteiger partial charge < -0.3 is 19.5 Å². The van der Waals surface area contributed by atoms with Gasteiger partial charge in [-0.1, -0.05) is 30.3 Å². The molecular formula is C20H17NO5S. The summed E-state index contributed by atoms with van der Waals surface area (Å²) in [5.74, 6) is 0.459. The van der Waals surface area contributed by atoms with Crippen LogP contribution in [-0.4, -0.2) is 37.7 Å². The van der Waals surface area contributed by atoms with Gasteiger partial charge in [-0.2, -0.15) is 0 Å². The predicted octanol–water partition coefficient (Wildman–Crippen LogP) is 3.01. The largest absolute Gasteiger partial charge is 0.486 e. The van der Waals surface area contributed by atoms with Crippen LogP contribution in [-0.2, 0) is 9.53 Å². The number of amides is 1. The third-order valence-electron chi connectivity index (χ3n) is 4.06. The van der Waals surface area contributed by atoms with Crippen LogP contribution in [0.25, 0.3) is 10.1 Å². The van der Waals surface area contributed by atoms with Crippen LogP contribution in [0.4, 0.5) is 0 Å². The Kier molecular flexibility index (Phi) is 4.93. The fourth-order valence-corrected chi connectivity index (χ4v) is 3.68. The maximum absolute atomic E-state index is 12.1. The second kappa shape index (κ2) is 7.67. The summed E-state index contributed by atoms with van der Waals surface area (Å²) in [6, 6.07) is 16.8. The lowest BCUT2D eigenvalue weighted by Gasteiger charge is -2.26. The van der Waals surface area contributed by atoms with Crippen molar-refractivity contribution in [3.8, 4) is 11.5 Å². The summed E-state index contributed by atoms with van der Waals surface area (Å²) >= 11 is 1.34. The van der Waals surface area contributed by atoms with Gasteiger partial charge >= 0.3 is 5.97 Å². The Hall–Kier alpha value is -3.06. The number of benzene rings is 2. The van der Waals surface area contributed by atoms with Crippen LogP contribution < -0.4 is 14.8 Å². The summed E-state index contributed by atoms with van der Waals surface area (Å²) in [7, 11) is 0. The molecule has 0 saturated heterocycles. The molecule has 0 unspecified atom stereocenters. The molecule has 4 rings (SSSR count). The molecular weight excluding hydrogens is 366 g/mol. The third kappa shape index (κ3) is 4.03. The molecule has 1 atom stereocenters. The van der Waals surface area contributed by atoms with Crippen LogP contribution >= 0.6 is 11.3 Å². The van der Waals surface area contributed by atoms with Crippen LogP contribution in [0.3, 0.4) is 0 Å². The molecule has 1 amide bonds. The second-order valence-electron chi connectivity index (χ2n) is 6.03. The molecule has 2 aromatic carbocycles. The van der Waals surface area contributed by atoms with E-state index >= 15 is 0 Å². The van der Waals surface area contributed by atoms with Gasteiger partial charge in [0, 0.05) is 4.70 Å². The number of carbonyl (C=O) groups excluding carboxylic acids is 2. The van der Waals surface area contributed by atoms with Crippen LogP contribution in [0.1, 0.15) is 9.67 Å². The maximum atomic E-state index is 12.1. The molecule has 0 radical (unpaired) electrons. The van der Waals surface area contributed by atoms with E-state index in [1.807, 2.05) is 48.5 Å². The van der Waals surface area contributed by atoms with E-state index in [1.165, 1.54) is 11.3 Å². The lowest BCUT2D eigenvalue weighted by atomic mass is 10.2. The van der Waals surface area contributed by atoms with Gasteiger partial charge in [0.25, 0.3) is 5.91 Å². The summed E-state index contributed by atoms with van der Waals surface area (Å²) < 4.78 is 17.5. The van der Waals surface area contributed by atoms with Gasteiger partial charge in [-0.3, -0.25) is 4.79 Å². The summed E-state index contributed by atoms with van der Waals surface area (Å²) in [4.78, 5) is 24.6. The Morgan fingerprint density at radius 3 is 2.74 bits per heavy atom. The Bertz CT molecular complexity index is 950. The molecule has 2 heterocycles. The SMILES string of the molecule is O=C(COC(=O)c1cc2ccccc2s1)NC[C@H]1COc2ccccc2O1. The van der Waals surface area contributed by atoms with Crippen molar-refractivity contribution in [2.24, 2.45) is 0 Å². The average molecular weight is 383 g/mol. The number of esters is 1. The van der Waals surface area contributed by atoms with Crippen LogP contribution in [0.2, 0.25) is 0 Å². The van der Waals surface area contributed by atoms with Gasteiger partial charge in [0.15, 0.2) is 18.1 Å². The molecule has 1 aliphatic heterocycles. The smallest absolute Gasteiger partial charge is 0.348 e. The average Bonchev–Trinajstić information content (AvgIpc) is 3.14. The number of nitrogens with one attached hydrogen (secondary N) is 1. The first-order valence-electron chi connectivity index (χ1n) is 8.50. The molecule has 0 saturated carbocycles. The van der Waals surface area contributed by atoms with E-state index in [0.717, 1.165) is 10.1 Å². The summed E-state index contributed by atoms with van der Waals surface area (Å²) in [5.41, 5.74) is 0. The number of thiophene rings is 1. The number of rotatable bonds is 5. The summed E-state index contributed by atoms with van der Waals surface area (Å²) in [6.45, 7) is 0.281. The lowest BCUT2D eigenvalue weighted by Crippen LogP contribution is -2.42. The van der Waals surface area contributed by atoms with Gasteiger partial charge in [-0.15, -0.1) is 11.3 Å². The molecule has 3 aromatic rings. The van der Waals surface area contributed by atoms with Crippen molar-refractivity contribution in [3.63, 3.8) is 0 Å². The highest BCUT2D eigenvalue weighted by molar-refractivity contribution is 7.20. The zero-order valence-electron chi connectivity index (χ0n) is 14.3. The third-order valence-corrected chi connectivity index (χ3v) is 5.15. The fourth-order valence-electron chi connectivity index (χ4n) is 2.73. The van der Waals surface area contributed by atoms with E-state index in [9.17, 15) is 9.59 Å². The first-order chi connectivity index (χ1) is 13.2. The van der Waals surface area contributed by atoms with Gasteiger partial charge in [-0.25, -0.2) is 4.79 Å². The first kappa shape index (κ1) is 17.4. The van der Waals surface area contributed by atoms with Crippen LogP contribution in [0.15, 0.2) is 54.6 Å². The van der Waals surface area contributed by atoms with Gasteiger partial charge in [0.05, 0.1) is 6.54 Å². The highest BCUT2D eigenvalue weighted by Gasteiger charge is 2.21. The van der Waals surface area contributed by atoms with Crippen molar-refractivity contribution in [1.29, 1.82) is 0 Å². The predicted molar refractivity (Wildman–Crippen MR) is 101 cm³/mol. The van der Waals surface area contributed by atoms with Gasteiger partial charge in [0.1, 0.15) is 17.6 Å². The van der Waals surface area contributed by atoms with Crippen LogP contribution in [0.5, 0.6) is 11.5 Å². The zero-order valence-corrected chi connectivity index (χ0v) is 15.2. The molecule has 1 aliphatic rings. The second-order valence-corrected chi connectivity index (χ2v) is 7.11. The Balaban J connectivity index is 1.24. The van der Waals surface area contributed by atoms with Crippen LogP contribution in [0, 0.1) is 0 Å². The highest BCUT2D eigenvalue weighted by atomic mass is 32.1. The fraction of sp³-hybridized carbons (Fsp3) is 0.200. The van der Waals surface area contributed by atoms with Crippen molar-refractivity contribution >= 4 is 33.3 Å². The quantitative estimate of drug-likeness (QED) is 0.686. The van der Waals surface area contributed by atoms with E-state index in [0.29, 0.717) is 23.0 Å². The molecule has 7 heteroatoms. The molecule has 0 bridgehead atoms. The lowest BCUT2D eigenvalue weighted by molar-refractivity contribution is -0.124. The Morgan fingerprint density at radius 2 is 1.89 bits per heavy atom. The summed E-state index contributed by atoms with van der Waals surface area (Å²) in [5, 5.41) is 3.68. The number of ether oxygens (including phenoxy) is 3.